The maximum Gasteiger partial charge on any atom is 0.414 e. The van der Waals surface area contributed by atoms with Crippen LogP contribution in [0.1, 0.15) is 38.2 Å². The van der Waals surface area contributed by atoms with Crippen LogP contribution in [0.15, 0.2) is 42.6 Å². The number of carbonyl (C=O) groups excluding carboxylic acids is 2. The van der Waals surface area contributed by atoms with E-state index in [4.69, 9.17) is 4.74 Å². The molecule has 0 unspecified atom stereocenters. The summed E-state index contributed by atoms with van der Waals surface area (Å²) in [5.74, 6) is 0.0724. The molecule has 0 radical (unpaired) electrons. The summed E-state index contributed by atoms with van der Waals surface area (Å²) >= 11 is 0. The fourth-order valence-electron chi connectivity index (χ4n) is 2.37. The summed E-state index contributed by atoms with van der Waals surface area (Å²) < 4.78 is 5.34. The molecule has 0 spiro atoms. The van der Waals surface area contributed by atoms with E-state index < -0.39 is 0 Å². The van der Waals surface area contributed by atoms with Gasteiger partial charge >= 0.3 is 6.09 Å². The first kappa shape index (κ1) is 15.3. The fraction of sp³-hybridized carbons (Fsp3) is 0.412. The topological polar surface area (TPSA) is 46.6 Å². The third-order valence-electron chi connectivity index (χ3n) is 3.56. The van der Waals surface area contributed by atoms with E-state index in [0.717, 1.165) is 24.8 Å². The first-order valence-corrected chi connectivity index (χ1v) is 7.40. The van der Waals surface area contributed by atoms with Crippen molar-refractivity contribution in [3.63, 3.8) is 0 Å². The van der Waals surface area contributed by atoms with Crippen molar-refractivity contribution in [3.05, 3.63) is 48.2 Å². The van der Waals surface area contributed by atoms with Gasteiger partial charge in [0.15, 0.2) is 5.78 Å². The largest absolute Gasteiger partial charge is 0.444 e. The molecule has 1 heterocycles. The Hall–Kier alpha value is -2.10. The van der Waals surface area contributed by atoms with E-state index in [-0.39, 0.29) is 24.5 Å². The molecule has 21 heavy (non-hydrogen) atoms. The van der Waals surface area contributed by atoms with Gasteiger partial charge in [0.25, 0.3) is 0 Å². The zero-order valence-corrected chi connectivity index (χ0v) is 12.3. The summed E-state index contributed by atoms with van der Waals surface area (Å²) in [7, 11) is 0. The van der Waals surface area contributed by atoms with Crippen molar-refractivity contribution in [2.45, 2.75) is 45.3 Å². The Morgan fingerprint density at radius 2 is 2.10 bits per heavy atom. The van der Waals surface area contributed by atoms with Crippen LogP contribution in [0.25, 0.3) is 0 Å². The Labute approximate surface area is 125 Å². The molecular formula is C17H21NO3. The van der Waals surface area contributed by atoms with Crippen LogP contribution in [-0.2, 0) is 16.1 Å². The number of amides is 1. The van der Waals surface area contributed by atoms with Crippen molar-refractivity contribution in [1.29, 1.82) is 0 Å². The molecule has 0 fully saturated rings. The van der Waals surface area contributed by atoms with Gasteiger partial charge in [0, 0.05) is 18.7 Å². The maximum absolute atomic E-state index is 12.2. The molecule has 112 valence electrons. The lowest BCUT2D eigenvalue weighted by atomic mass is 10.0. The van der Waals surface area contributed by atoms with Crippen LogP contribution in [0.4, 0.5) is 4.79 Å². The van der Waals surface area contributed by atoms with Crippen molar-refractivity contribution in [3.8, 4) is 0 Å². The van der Waals surface area contributed by atoms with Crippen molar-refractivity contribution in [1.82, 2.24) is 4.90 Å². The Morgan fingerprint density at radius 1 is 1.33 bits per heavy atom. The minimum Gasteiger partial charge on any atom is -0.444 e. The van der Waals surface area contributed by atoms with Gasteiger partial charge in [-0.1, -0.05) is 50.1 Å². The lowest BCUT2D eigenvalue weighted by molar-refractivity contribution is -0.116. The Kier molecular flexibility index (Phi) is 5.55. The standard InChI is InChI=1S/C17H21NO3/c1-2-3-9-15-12-16(19)10-11-18(15)17(20)21-13-14-7-5-4-6-8-14/h4-8,10-11,15H,2-3,9,12-13H2,1H3/t15-/m0/s1. The summed E-state index contributed by atoms with van der Waals surface area (Å²) in [5.41, 5.74) is 0.952. The van der Waals surface area contributed by atoms with Gasteiger partial charge in [-0.05, 0) is 18.1 Å². The summed E-state index contributed by atoms with van der Waals surface area (Å²) in [4.78, 5) is 25.3. The zero-order chi connectivity index (χ0) is 15.1. The Balaban J connectivity index is 1.95. The van der Waals surface area contributed by atoms with Crippen molar-refractivity contribution in [2.24, 2.45) is 0 Å². The third-order valence-corrected chi connectivity index (χ3v) is 3.56. The highest BCUT2D eigenvalue weighted by molar-refractivity contribution is 5.92. The molecule has 1 atom stereocenters. The van der Waals surface area contributed by atoms with Crippen molar-refractivity contribution in [2.75, 3.05) is 0 Å². The predicted molar refractivity (Wildman–Crippen MR) is 80.5 cm³/mol. The quantitative estimate of drug-likeness (QED) is 0.830. The molecule has 4 nitrogen and oxygen atoms in total. The van der Waals surface area contributed by atoms with Gasteiger partial charge in [-0.2, -0.15) is 0 Å². The van der Waals surface area contributed by atoms with E-state index in [9.17, 15) is 9.59 Å². The maximum atomic E-state index is 12.2. The van der Waals surface area contributed by atoms with Crippen LogP contribution in [0.5, 0.6) is 0 Å². The number of carbonyl (C=O) groups is 2. The van der Waals surface area contributed by atoms with Crippen LogP contribution < -0.4 is 0 Å². The predicted octanol–water partition coefficient (Wildman–Crippen LogP) is 3.67. The number of ketones is 1. The van der Waals surface area contributed by atoms with Crippen LogP contribution in [0.2, 0.25) is 0 Å². The number of ether oxygens (including phenoxy) is 1. The van der Waals surface area contributed by atoms with E-state index in [1.165, 1.54) is 6.08 Å². The number of benzene rings is 1. The molecule has 1 aliphatic rings. The fourth-order valence-corrected chi connectivity index (χ4v) is 2.37. The molecule has 0 N–H and O–H groups in total. The first-order valence-electron chi connectivity index (χ1n) is 7.40. The highest BCUT2D eigenvalue weighted by atomic mass is 16.6. The second-order valence-electron chi connectivity index (χ2n) is 5.23. The van der Waals surface area contributed by atoms with Crippen LogP contribution in [0, 0.1) is 0 Å². The molecule has 0 aromatic heterocycles. The molecule has 0 saturated heterocycles. The lowest BCUT2D eigenvalue weighted by Crippen LogP contribution is -2.40. The third kappa shape index (κ3) is 4.45. The summed E-state index contributed by atoms with van der Waals surface area (Å²) in [6.45, 7) is 2.34. The average molecular weight is 287 g/mol. The molecule has 1 aromatic rings. The number of rotatable bonds is 5. The molecule has 1 aromatic carbocycles. The highest BCUT2D eigenvalue weighted by Gasteiger charge is 2.27. The van der Waals surface area contributed by atoms with E-state index in [1.54, 1.807) is 11.1 Å². The molecule has 1 aliphatic heterocycles. The molecule has 1 amide bonds. The van der Waals surface area contributed by atoms with E-state index >= 15 is 0 Å². The van der Waals surface area contributed by atoms with Gasteiger partial charge in [-0.15, -0.1) is 0 Å². The van der Waals surface area contributed by atoms with Gasteiger partial charge in [0.2, 0.25) is 0 Å². The van der Waals surface area contributed by atoms with E-state index in [2.05, 4.69) is 6.92 Å². The minimum atomic E-state index is -0.385. The van der Waals surface area contributed by atoms with Crippen LogP contribution in [0.3, 0.4) is 0 Å². The number of hydrogen-bond donors (Lipinski definition) is 0. The molecule has 4 heteroatoms. The second kappa shape index (κ2) is 7.62. The molecule has 0 bridgehead atoms. The molecule has 2 rings (SSSR count). The van der Waals surface area contributed by atoms with Crippen LogP contribution in [-0.4, -0.2) is 22.8 Å². The lowest BCUT2D eigenvalue weighted by Gasteiger charge is -2.30. The Morgan fingerprint density at radius 3 is 2.81 bits per heavy atom. The second-order valence-corrected chi connectivity index (χ2v) is 5.23. The van der Waals surface area contributed by atoms with Gasteiger partial charge in [-0.3, -0.25) is 9.69 Å². The number of unbranched alkanes of at least 4 members (excludes halogenated alkanes) is 1. The van der Waals surface area contributed by atoms with Crippen molar-refractivity contribution >= 4 is 11.9 Å². The van der Waals surface area contributed by atoms with Gasteiger partial charge in [0.1, 0.15) is 6.61 Å². The smallest absolute Gasteiger partial charge is 0.414 e. The number of hydrogen-bond acceptors (Lipinski definition) is 3. The Bertz CT molecular complexity index is 510. The average Bonchev–Trinajstić information content (AvgIpc) is 2.51. The molecule has 0 aliphatic carbocycles. The summed E-state index contributed by atoms with van der Waals surface area (Å²) in [5, 5.41) is 0. The van der Waals surface area contributed by atoms with Crippen molar-refractivity contribution < 1.29 is 14.3 Å². The first-order chi connectivity index (χ1) is 10.2. The zero-order valence-electron chi connectivity index (χ0n) is 12.3. The normalized spacial score (nSPS) is 17.9. The van der Waals surface area contributed by atoms with Crippen LogP contribution >= 0.6 is 0 Å². The van der Waals surface area contributed by atoms with E-state index in [1.807, 2.05) is 30.3 Å². The van der Waals surface area contributed by atoms with E-state index in [0.29, 0.717) is 6.42 Å². The summed E-state index contributed by atoms with van der Waals surface area (Å²) in [6, 6.07) is 9.49. The van der Waals surface area contributed by atoms with Gasteiger partial charge in [-0.25, -0.2) is 4.79 Å². The molecule has 0 saturated carbocycles. The SMILES string of the molecule is CCCC[C@H]1CC(=O)C=CN1C(=O)OCc1ccccc1. The molecular weight excluding hydrogens is 266 g/mol. The number of allylic oxidation sites excluding steroid dienone is 1. The van der Waals surface area contributed by atoms with Gasteiger partial charge in [0.05, 0.1) is 0 Å². The number of nitrogens with zero attached hydrogens (tertiary/aromatic N) is 1. The monoisotopic (exact) mass is 287 g/mol. The highest BCUT2D eigenvalue weighted by Crippen LogP contribution is 2.19. The minimum absolute atomic E-state index is 0.0724. The summed E-state index contributed by atoms with van der Waals surface area (Å²) in [6.07, 6.45) is 5.87. The van der Waals surface area contributed by atoms with Gasteiger partial charge < -0.3 is 4.74 Å².